The van der Waals surface area contributed by atoms with Crippen LogP contribution in [0.5, 0.6) is 0 Å². The summed E-state index contributed by atoms with van der Waals surface area (Å²) in [5.41, 5.74) is 14.7. The van der Waals surface area contributed by atoms with Gasteiger partial charge in [-0.15, -0.1) is 5.54 Å². The predicted molar refractivity (Wildman–Crippen MR) is 123 cm³/mol. The van der Waals surface area contributed by atoms with Crippen LogP contribution in [0.2, 0.25) is 19.6 Å². The van der Waals surface area contributed by atoms with Crippen molar-refractivity contribution in [1.82, 2.24) is 9.55 Å². The van der Waals surface area contributed by atoms with E-state index >= 15 is 0 Å². The van der Waals surface area contributed by atoms with E-state index < -0.39 is 14.0 Å². The molecule has 0 saturated heterocycles. The van der Waals surface area contributed by atoms with E-state index in [1.807, 2.05) is 54.0 Å². The van der Waals surface area contributed by atoms with E-state index in [0.29, 0.717) is 5.69 Å². The number of hydrogen-bond donors (Lipinski definition) is 1. The molecule has 2 N–H and O–H groups in total. The second kappa shape index (κ2) is 7.43. The Morgan fingerprint density at radius 1 is 1.13 bits per heavy atom. The molecule has 1 aromatic heterocycles. The molecule has 0 unspecified atom stereocenters. The van der Waals surface area contributed by atoms with Gasteiger partial charge >= 0.3 is 0 Å². The Morgan fingerprint density at radius 3 is 2.53 bits per heavy atom. The van der Waals surface area contributed by atoms with Gasteiger partial charge in [0.2, 0.25) is 0 Å². The molecule has 1 atom stereocenters. The SMILES string of the molecule is C[C@@H]1N=C(c2ccccc2)c2cc(C#C[Si](C)(C)C)ccc2-n2cnc(C(N)=O)c21. The van der Waals surface area contributed by atoms with Crippen LogP contribution in [0.1, 0.15) is 45.8 Å². The molecule has 2 heterocycles. The van der Waals surface area contributed by atoms with E-state index in [4.69, 9.17) is 10.7 Å². The molecule has 30 heavy (non-hydrogen) atoms. The van der Waals surface area contributed by atoms with Gasteiger partial charge in [-0.1, -0.05) is 55.9 Å². The van der Waals surface area contributed by atoms with Gasteiger partial charge < -0.3 is 5.73 Å². The van der Waals surface area contributed by atoms with E-state index in [1.54, 1.807) is 6.33 Å². The first-order chi connectivity index (χ1) is 14.2. The Balaban J connectivity index is 1.99. The largest absolute Gasteiger partial charge is 0.364 e. The Bertz CT molecular complexity index is 1220. The van der Waals surface area contributed by atoms with Gasteiger partial charge in [-0.3, -0.25) is 14.4 Å². The third-order valence-corrected chi connectivity index (χ3v) is 5.77. The van der Waals surface area contributed by atoms with Crippen molar-refractivity contribution in [1.29, 1.82) is 0 Å². The van der Waals surface area contributed by atoms with Crippen molar-refractivity contribution in [2.75, 3.05) is 0 Å². The molecule has 0 fully saturated rings. The zero-order chi connectivity index (χ0) is 21.5. The standard InChI is InChI=1S/C24H24N4OSi/c1-16-23-22(24(25)29)26-15-28(23)20-11-10-17(12-13-30(2,3)4)14-19(20)21(27-16)18-8-6-5-7-9-18/h5-11,14-16H,1-4H3,(H2,25,29)/t16-/m0/s1. The summed E-state index contributed by atoms with van der Waals surface area (Å²) in [6.07, 6.45) is 1.65. The summed E-state index contributed by atoms with van der Waals surface area (Å²) in [6.45, 7) is 8.64. The van der Waals surface area contributed by atoms with Crippen LogP contribution in [0, 0.1) is 11.5 Å². The van der Waals surface area contributed by atoms with E-state index in [1.165, 1.54) is 0 Å². The molecule has 0 bridgehead atoms. The maximum absolute atomic E-state index is 12.0. The Labute approximate surface area is 177 Å². The zero-order valence-corrected chi connectivity index (χ0v) is 18.6. The molecule has 5 nitrogen and oxygen atoms in total. The number of fused-ring (bicyclic) bond motifs is 3. The minimum absolute atomic E-state index is 0.258. The number of aliphatic imine (C=N–C) groups is 1. The van der Waals surface area contributed by atoms with Crippen molar-refractivity contribution in [2.45, 2.75) is 32.6 Å². The minimum atomic E-state index is -1.50. The lowest BCUT2D eigenvalue weighted by molar-refractivity contribution is 0.0994. The summed E-state index contributed by atoms with van der Waals surface area (Å²) in [6, 6.07) is 15.9. The average molecular weight is 413 g/mol. The number of imidazole rings is 1. The van der Waals surface area contributed by atoms with Gasteiger partial charge in [0, 0.05) is 16.7 Å². The fraction of sp³-hybridized carbons (Fsp3) is 0.208. The molecule has 1 aliphatic heterocycles. The normalized spacial score (nSPS) is 15.2. The van der Waals surface area contributed by atoms with Crippen LogP contribution in [0.3, 0.4) is 0 Å². The number of nitrogens with two attached hydrogens (primary N) is 1. The van der Waals surface area contributed by atoms with E-state index in [2.05, 4.69) is 42.2 Å². The van der Waals surface area contributed by atoms with E-state index in [9.17, 15) is 4.79 Å². The summed E-state index contributed by atoms with van der Waals surface area (Å²) < 4.78 is 1.93. The molecule has 0 radical (unpaired) electrons. The lowest BCUT2D eigenvalue weighted by atomic mass is 9.98. The lowest BCUT2D eigenvalue weighted by Gasteiger charge is -2.12. The van der Waals surface area contributed by atoms with Crippen LogP contribution in [0.15, 0.2) is 59.9 Å². The van der Waals surface area contributed by atoms with Gasteiger partial charge in [0.1, 0.15) is 14.4 Å². The highest BCUT2D eigenvalue weighted by Gasteiger charge is 2.27. The van der Waals surface area contributed by atoms with Gasteiger partial charge in [0.05, 0.1) is 23.1 Å². The van der Waals surface area contributed by atoms with Gasteiger partial charge in [0.15, 0.2) is 5.69 Å². The van der Waals surface area contributed by atoms with Crippen LogP contribution >= 0.6 is 0 Å². The summed E-state index contributed by atoms with van der Waals surface area (Å²) in [4.78, 5) is 21.2. The Kier molecular flexibility index (Phi) is 4.92. The summed E-state index contributed by atoms with van der Waals surface area (Å²) in [5.74, 6) is 2.80. The van der Waals surface area contributed by atoms with Gasteiger partial charge in [-0.2, -0.15) is 0 Å². The molecule has 3 aromatic rings. The molecule has 6 heteroatoms. The first-order valence-corrected chi connectivity index (χ1v) is 13.4. The number of carbonyl (C=O) groups is 1. The van der Waals surface area contributed by atoms with Crippen molar-refractivity contribution in [2.24, 2.45) is 10.7 Å². The first kappa shape index (κ1) is 19.9. The van der Waals surface area contributed by atoms with Gasteiger partial charge in [-0.25, -0.2) is 4.98 Å². The van der Waals surface area contributed by atoms with Crippen molar-refractivity contribution < 1.29 is 4.79 Å². The highest BCUT2D eigenvalue weighted by molar-refractivity contribution is 6.83. The monoisotopic (exact) mass is 412 g/mol. The van der Waals surface area contributed by atoms with Gasteiger partial charge in [-0.05, 0) is 25.1 Å². The third kappa shape index (κ3) is 3.72. The first-order valence-electron chi connectivity index (χ1n) is 9.93. The fourth-order valence-electron chi connectivity index (χ4n) is 3.56. The smallest absolute Gasteiger partial charge is 0.269 e. The summed E-state index contributed by atoms with van der Waals surface area (Å²) >= 11 is 0. The van der Waals surface area contributed by atoms with Crippen LogP contribution < -0.4 is 5.73 Å². The number of primary amides is 1. The minimum Gasteiger partial charge on any atom is -0.364 e. The third-order valence-electron chi connectivity index (χ3n) is 4.90. The molecule has 0 saturated carbocycles. The Hall–Kier alpha value is -3.43. The predicted octanol–water partition coefficient (Wildman–Crippen LogP) is 4.11. The van der Waals surface area contributed by atoms with Crippen molar-refractivity contribution in [3.8, 4) is 17.2 Å². The average Bonchev–Trinajstić information content (AvgIpc) is 3.11. The summed E-state index contributed by atoms with van der Waals surface area (Å²) in [5, 5.41) is 0. The molecule has 4 rings (SSSR count). The highest BCUT2D eigenvalue weighted by Crippen LogP contribution is 2.32. The number of benzene rings is 2. The fourth-order valence-corrected chi connectivity index (χ4v) is 4.08. The number of nitrogens with zero attached hydrogens (tertiary/aromatic N) is 3. The number of rotatable bonds is 2. The second-order valence-corrected chi connectivity index (χ2v) is 13.2. The molecule has 0 aliphatic carbocycles. The van der Waals surface area contributed by atoms with Gasteiger partial charge in [0.25, 0.3) is 5.91 Å². The molecule has 150 valence electrons. The van der Waals surface area contributed by atoms with Crippen molar-refractivity contribution >= 4 is 19.7 Å². The lowest BCUT2D eigenvalue weighted by Crippen LogP contribution is -2.16. The Morgan fingerprint density at radius 2 is 1.87 bits per heavy atom. The maximum atomic E-state index is 12.0. The number of hydrogen-bond acceptors (Lipinski definition) is 3. The zero-order valence-electron chi connectivity index (χ0n) is 17.6. The molecule has 1 aliphatic rings. The van der Waals surface area contributed by atoms with Crippen LogP contribution in [-0.4, -0.2) is 29.2 Å². The van der Waals surface area contributed by atoms with Crippen molar-refractivity contribution in [3.05, 3.63) is 82.9 Å². The molecule has 0 spiro atoms. The van der Waals surface area contributed by atoms with Crippen LogP contribution in [0.25, 0.3) is 5.69 Å². The van der Waals surface area contributed by atoms with E-state index in [0.717, 1.165) is 28.1 Å². The number of aromatic nitrogens is 2. The van der Waals surface area contributed by atoms with E-state index in [-0.39, 0.29) is 11.7 Å². The highest BCUT2D eigenvalue weighted by atomic mass is 28.3. The summed E-state index contributed by atoms with van der Waals surface area (Å²) in [7, 11) is -1.50. The molecule has 1 amide bonds. The molecular formula is C24H24N4OSi. The molecular weight excluding hydrogens is 388 g/mol. The number of amides is 1. The van der Waals surface area contributed by atoms with Crippen molar-refractivity contribution in [3.63, 3.8) is 0 Å². The maximum Gasteiger partial charge on any atom is 0.269 e. The molecule has 2 aromatic carbocycles. The number of carbonyl (C=O) groups excluding carboxylic acids is 1. The van der Waals surface area contributed by atoms with Crippen LogP contribution in [-0.2, 0) is 0 Å². The van der Waals surface area contributed by atoms with Crippen LogP contribution in [0.4, 0.5) is 0 Å². The second-order valence-electron chi connectivity index (χ2n) is 8.46. The quantitative estimate of drug-likeness (QED) is 0.508. The topological polar surface area (TPSA) is 73.3 Å².